The lowest BCUT2D eigenvalue weighted by Gasteiger charge is -2.10. The number of nitrogens with zero attached hydrogens (tertiary/aromatic N) is 2. The smallest absolute Gasteiger partial charge is 0.315 e. The number of urea groups is 1. The Morgan fingerprint density at radius 1 is 0.900 bits per heavy atom. The van der Waals surface area contributed by atoms with Crippen molar-refractivity contribution in [2.75, 3.05) is 7.11 Å². The molecule has 0 saturated heterocycles. The maximum Gasteiger partial charge on any atom is 0.315 e. The first-order valence-electron chi connectivity index (χ1n) is 9.66. The van der Waals surface area contributed by atoms with Crippen molar-refractivity contribution in [2.45, 2.75) is 13.1 Å². The Hall–Kier alpha value is -3.93. The lowest BCUT2D eigenvalue weighted by Crippen LogP contribution is -2.34. The highest BCUT2D eigenvalue weighted by atomic mass is 16.5. The van der Waals surface area contributed by atoms with Crippen molar-refractivity contribution in [1.82, 2.24) is 20.6 Å². The van der Waals surface area contributed by atoms with Gasteiger partial charge in [0.15, 0.2) is 0 Å². The molecular formula is C24H22N4O2. The van der Waals surface area contributed by atoms with Gasteiger partial charge in [-0.2, -0.15) is 0 Å². The van der Waals surface area contributed by atoms with Gasteiger partial charge in [-0.1, -0.05) is 42.5 Å². The number of hydrogen-bond donors (Lipinski definition) is 2. The Bertz CT molecular complexity index is 1150. The molecule has 0 spiro atoms. The molecule has 0 aliphatic carbocycles. The number of hydrogen-bond acceptors (Lipinski definition) is 4. The van der Waals surface area contributed by atoms with Gasteiger partial charge in [-0.05, 0) is 46.7 Å². The van der Waals surface area contributed by atoms with E-state index in [1.807, 2.05) is 54.6 Å². The minimum Gasteiger partial charge on any atom is -0.497 e. The number of aromatic nitrogens is 2. The summed E-state index contributed by atoms with van der Waals surface area (Å²) in [5.74, 6) is 0.789. The maximum atomic E-state index is 12.3. The molecule has 0 atom stereocenters. The lowest BCUT2D eigenvalue weighted by molar-refractivity contribution is 0.240. The van der Waals surface area contributed by atoms with Crippen LogP contribution in [0.15, 0.2) is 79.1 Å². The SMILES string of the molecule is COc1ccc(-c2cc(CNC(=O)NCc3cccc4ccccc34)ncn2)cc1. The molecule has 0 fully saturated rings. The number of carbonyl (C=O) groups is 1. The van der Waals surface area contributed by atoms with Crippen LogP contribution in [0.4, 0.5) is 4.79 Å². The first-order chi connectivity index (χ1) is 14.7. The number of rotatable bonds is 6. The monoisotopic (exact) mass is 398 g/mol. The quantitative estimate of drug-likeness (QED) is 0.508. The number of methoxy groups -OCH3 is 1. The van der Waals surface area contributed by atoms with Gasteiger partial charge in [0.05, 0.1) is 25.0 Å². The molecule has 2 amide bonds. The molecule has 1 heterocycles. The van der Waals surface area contributed by atoms with E-state index in [1.54, 1.807) is 7.11 Å². The van der Waals surface area contributed by atoms with Gasteiger partial charge >= 0.3 is 6.03 Å². The Balaban J connectivity index is 1.35. The standard InChI is InChI=1S/C24H22N4O2/c1-30-21-11-9-18(10-12-21)23-13-20(27-16-28-23)15-26-24(29)25-14-19-7-4-6-17-5-2-3-8-22(17)19/h2-13,16H,14-15H2,1H3,(H2,25,26,29). The van der Waals surface area contributed by atoms with Crippen molar-refractivity contribution in [2.24, 2.45) is 0 Å². The van der Waals surface area contributed by atoms with Crippen LogP contribution in [0.25, 0.3) is 22.0 Å². The molecule has 0 bridgehead atoms. The van der Waals surface area contributed by atoms with Crippen LogP contribution in [0.3, 0.4) is 0 Å². The molecule has 150 valence electrons. The molecule has 2 N–H and O–H groups in total. The lowest BCUT2D eigenvalue weighted by atomic mass is 10.0. The summed E-state index contributed by atoms with van der Waals surface area (Å²) in [6, 6.07) is 23.5. The highest BCUT2D eigenvalue weighted by molar-refractivity contribution is 5.86. The van der Waals surface area contributed by atoms with Crippen LogP contribution in [-0.4, -0.2) is 23.1 Å². The van der Waals surface area contributed by atoms with Crippen molar-refractivity contribution in [1.29, 1.82) is 0 Å². The number of carbonyl (C=O) groups excluding carboxylic acids is 1. The Labute approximate surface area is 175 Å². The minimum absolute atomic E-state index is 0.243. The predicted octanol–water partition coefficient (Wildman–Crippen LogP) is 4.30. The van der Waals surface area contributed by atoms with E-state index in [2.05, 4.69) is 38.8 Å². The third-order valence-electron chi connectivity index (χ3n) is 4.86. The van der Waals surface area contributed by atoms with Gasteiger partial charge in [0, 0.05) is 12.1 Å². The second-order valence-corrected chi connectivity index (χ2v) is 6.80. The van der Waals surface area contributed by atoms with E-state index in [4.69, 9.17) is 4.74 Å². The van der Waals surface area contributed by atoms with E-state index in [-0.39, 0.29) is 6.03 Å². The van der Waals surface area contributed by atoms with Crippen LogP contribution in [-0.2, 0) is 13.1 Å². The third kappa shape index (κ3) is 4.55. The second kappa shape index (κ2) is 9.05. The molecule has 3 aromatic carbocycles. The molecule has 1 aromatic heterocycles. The van der Waals surface area contributed by atoms with Crippen LogP contribution in [0, 0.1) is 0 Å². The Morgan fingerprint density at radius 2 is 1.67 bits per heavy atom. The van der Waals surface area contributed by atoms with Gasteiger partial charge in [0.2, 0.25) is 0 Å². The van der Waals surface area contributed by atoms with Crippen molar-refractivity contribution in [3.05, 3.63) is 90.4 Å². The normalized spacial score (nSPS) is 10.6. The van der Waals surface area contributed by atoms with Gasteiger partial charge in [0.1, 0.15) is 12.1 Å². The fourth-order valence-corrected chi connectivity index (χ4v) is 3.27. The Morgan fingerprint density at radius 3 is 2.50 bits per heavy atom. The maximum absolute atomic E-state index is 12.3. The average Bonchev–Trinajstić information content (AvgIpc) is 2.81. The molecule has 6 nitrogen and oxygen atoms in total. The van der Waals surface area contributed by atoms with E-state index in [0.29, 0.717) is 13.1 Å². The highest BCUT2D eigenvalue weighted by Crippen LogP contribution is 2.21. The second-order valence-electron chi connectivity index (χ2n) is 6.80. The highest BCUT2D eigenvalue weighted by Gasteiger charge is 2.06. The zero-order valence-electron chi connectivity index (χ0n) is 16.6. The zero-order chi connectivity index (χ0) is 20.8. The third-order valence-corrected chi connectivity index (χ3v) is 4.86. The van der Waals surface area contributed by atoms with Gasteiger partial charge < -0.3 is 15.4 Å². The fraction of sp³-hybridized carbons (Fsp3) is 0.125. The minimum atomic E-state index is -0.243. The summed E-state index contributed by atoms with van der Waals surface area (Å²) < 4.78 is 5.19. The molecule has 4 rings (SSSR count). The molecule has 4 aromatic rings. The van der Waals surface area contributed by atoms with Gasteiger partial charge in [-0.25, -0.2) is 14.8 Å². The van der Waals surface area contributed by atoms with Crippen molar-refractivity contribution >= 4 is 16.8 Å². The number of fused-ring (bicyclic) bond motifs is 1. The van der Waals surface area contributed by atoms with Crippen LogP contribution in [0.2, 0.25) is 0 Å². The Kier molecular flexibility index (Phi) is 5.85. The number of amides is 2. The molecule has 6 heteroatoms. The first-order valence-corrected chi connectivity index (χ1v) is 9.66. The van der Waals surface area contributed by atoms with E-state index < -0.39 is 0 Å². The predicted molar refractivity (Wildman–Crippen MR) is 117 cm³/mol. The van der Waals surface area contributed by atoms with Crippen LogP contribution >= 0.6 is 0 Å². The van der Waals surface area contributed by atoms with E-state index in [0.717, 1.165) is 39.0 Å². The van der Waals surface area contributed by atoms with E-state index in [9.17, 15) is 4.79 Å². The van der Waals surface area contributed by atoms with E-state index >= 15 is 0 Å². The molecule has 30 heavy (non-hydrogen) atoms. The van der Waals surface area contributed by atoms with Crippen molar-refractivity contribution in [3.63, 3.8) is 0 Å². The average molecular weight is 398 g/mol. The summed E-state index contributed by atoms with van der Waals surface area (Å²) in [4.78, 5) is 20.8. The van der Waals surface area contributed by atoms with Gasteiger partial charge in [0.25, 0.3) is 0 Å². The van der Waals surface area contributed by atoms with Crippen molar-refractivity contribution < 1.29 is 9.53 Å². The zero-order valence-corrected chi connectivity index (χ0v) is 16.6. The largest absolute Gasteiger partial charge is 0.497 e. The summed E-state index contributed by atoms with van der Waals surface area (Å²) >= 11 is 0. The summed E-state index contributed by atoms with van der Waals surface area (Å²) in [5.41, 5.74) is 3.56. The summed E-state index contributed by atoms with van der Waals surface area (Å²) in [6.07, 6.45) is 1.50. The van der Waals surface area contributed by atoms with Crippen LogP contribution in [0.1, 0.15) is 11.3 Å². The number of benzene rings is 3. The molecule has 0 aliphatic heterocycles. The molecule has 0 unspecified atom stereocenters. The van der Waals surface area contributed by atoms with Gasteiger partial charge in [-0.3, -0.25) is 0 Å². The molecular weight excluding hydrogens is 376 g/mol. The topological polar surface area (TPSA) is 76.1 Å². The summed E-state index contributed by atoms with van der Waals surface area (Å²) in [5, 5.41) is 8.06. The first kappa shape index (κ1) is 19.4. The molecule has 0 saturated carbocycles. The van der Waals surface area contributed by atoms with Crippen LogP contribution in [0.5, 0.6) is 5.75 Å². The molecule has 0 aliphatic rings. The fourth-order valence-electron chi connectivity index (χ4n) is 3.27. The number of nitrogens with one attached hydrogen (secondary N) is 2. The van der Waals surface area contributed by atoms with Crippen LogP contribution < -0.4 is 15.4 Å². The molecule has 0 radical (unpaired) electrons. The van der Waals surface area contributed by atoms with Crippen molar-refractivity contribution in [3.8, 4) is 17.0 Å². The van der Waals surface area contributed by atoms with E-state index in [1.165, 1.54) is 6.33 Å². The summed E-state index contributed by atoms with van der Waals surface area (Å²) in [7, 11) is 1.63. The summed E-state index contributed by atoms with van der Waals surface area (Å²) in [6.45, 7) is 0.765. The number of ether oxygens (including phenoxy) is 1. The van der Waals surface area contributed by atoms with Gasteiger partial charge in [-0.15, -0.1) is 0 Å².